The maximum Gasteiger partial charge on any atom is 0.309 e. The Labute approximate surface area is 117 Å². The molecule has 0 saturated carbocycles. The Kier molecular flexibility index (Phi) is 6.02. The van der Waals surface area contributed by atoms with Gasteiger partial charge in [0.2, 0.25) is 0 Å². The van der Waals surface area contributed by atoms with Gasteiger partial charge in [-0.1, -0.05) is 25.4 Å². The van der Waals surface area contributed by atoms with Crippen LogP contribution in [0.2, 0.25) is 5.02 Å². The molecule has 0 aliphatic heterocycles. The van der Waals surface area contributed by atoms with Gasteiger partial charge in [-0.2, -0.15) is 16.9 Å². The summed E-state index contributed by atoms with van der Waals surface area (Å²) in [5.41, 5.74) is 1.94. The average molecular weight is 291 g/mol. The molecule has 0 aromatic carbocycles. The lowest BCUT2D eigenvalue weighted by Crippen LogP contribution is -2.15. The van der Waals surface area contributed by atoms with E-state index in [1.165, 1.54) is 7.11 Å². The Hall–Kier alpha value is -0.680. The number of carbonyl (C=O) groups excluding carboxylic acids is 1. The van der Waals surface area contributed by atoms with Gasteiger partial charge in [0.15, 0.2) is 0 Å². The SMILES string of the molecule is CCc1nn(C)c(CSCC(C)C(=O)OC)c1Cl. The summed E-state index contributed by atoms with van der Waals surface area (Å²) in [6.07, 6.45) is 0.829. The molecular weight excluding hydrogens is 272 g/mol. The van der Waals surface area contributed by atoms with Crippen LogP contribution in [-0.2, 0) is 28.8 Å². The van der Waals surface area contributed by atoms with Crippen LogP contribution in [0, 0.1) is 5.92 Å². The van der Waals surface area contributed by atoms with Crippen molar-refractivity contribution in [1.29, 1.82) is 0 Å². The van der Waals surface area contributed by atoms with Crippen LogP contribution in [-0.4, -0.2) is 28.6 Å². The van der Waals surface area contributed by atoms with Gasteiger partial charge >= 0.3 is 5.97 Å². The van der Waals surface area contributed by atoms with Crippen molar-refractivity contribution >= 4 is 29.3 Å². The zero-order chi connectivity index (χ0) is 13.7. The van der Waals surface area contributed by atoms with Gasteiger partial charge in [0.25, 0.3) is 0 Å². The first kappa shape index (κ1) is 15.4. The molecule has 0 fully saturated rings. The monoisotopic (exact) mass is 290 g/mol. The molecule has 0 amide bonds. The van der Waals surface area contributed by atoms with Crippen LogP contribution < -0.4 is 0 Å². The zero-order valence-corrected chi connectivity index (χ0v) is 12.8. The highest BCUT2D eigenvalue weighted by atomic mass is 35.5. The van der Waals surface area contributed by atoms with Gasteiger partial charge in [-0.3, -0.25) is 9.48 Å². The Morgan fingerprint density at radius 1 is 1.61 bits per heavy atom. The number of ether oxygens (including phenoxy) is 1. The van der Waals surface area contributed by atoms with E-state index in [-0.39, 0.29) is 11.9 Å². The Morgan fingerprint density at radius 2 is 2.28 bits per heavy atom. The van der Waals surface area contributed by atoms with Gasteiger partial charge in [0, 0.05) is 18.6 Å². The predicted octanol–water partition coefficient (Wildman–Crippen LogP) is 2.68. The van der Waals surface area contributed by atoms with Gasteiger partial charge in [-0.25, -0.2) is 0 Å². The molecule has 18 heavy (non-hydrogen) atoms. The van der Waals surface area contributed by atoms with E-state index in [0.29, 0.717) is 0 Å². The number of halogens is 1. The topological polar surface area (TPSA) is 44.1 Å². The molecule has 0 saturated heterocycles. The minimum atomic E-state index is -0.173. The second kappa shape index (κ2) is 7.04. The first-order chi connectivity index (χ1) is 8.51. The normalized spacial score (nSPS) is 12.5. The molecule has 4 nitrogen and oxygen atoms in total. The van der Waals surface area contributed by atoms with Crippen molar-refractivity contribution in [2.75, 3.05) is 12.9 Å². The third kappa shape index (κ3) is 3.65. The van der Waals surface area contributed by atoms with Gasteiger partial charge in [0.05, 0.1) is 29.4 Å². The molecule has 1 aromatic heterocycles. The summed E-state index contributed by atoms with van der Waals surface area (Å²) >= 11 is 7.91. The molecule has 0 aliphatic rings. The van der Waals surface area contributed by atoms with Crippen LogP contribution in [0.15, 0.2) is 0 Å². The fourth-order valence-corrected chi connectivity index (χ4v) is 3.15. The molecule has 0 aliphatic carbocycles. The third-order valence-electron chi connectivity index (χ3n) is 2.71. The fourth-order valence-electron chi connectivity index (χ4n) is 1.58. The van der Waals surface area contributed by atoms with E-state index in [9.17, 15) is 4.79 Å². The number of hydrogen-bond acceptors (Lipinski definition) is 4. The molecule has 1 heterocycles. The summed E-state index contributed by atoms with van der Waals surface area (Å²) in [5.74, 6) is 1.20. The number of rotatable bonds is 6. The lowest BCUT2D eigenvalue weighted by atomic mass is 10.2. The van der Waals surface area contributed by atoms with E-state index in [1.807, 2.05) is 25.6 Å². The standard InChI is InChI=1S/C12H19ClN2O2S/c1-5-9-11(13)10(15(3)14-9)7-18-6-8(2)12(16)17-4/h8H,5-7H2,1-4H3. The summed E-state index contributed by atoms with van der Waals surface area (Å²) in [7, 11) is 3.31. The van der Waals surface area contributed by atoms with Crippen molar-refractivity contribution in [1.82, 2.24) is 9.78 Å². The van der Waals surface area contributed by atoms with Crippen LogP contribution in [0.5, 0.6) is 0 Å². The summed E-state index contributed by atoms with van der Waals surface area (Å²) in [6.45, 7) is 3.89. The quantitative estimate of drug-likeness (QED) is 0.756. The van der Waals surface area contributed by atoms with Crippen LogP contribution in [0.4, 0.5) is 0 Å². The van der Waals surface area contributed by atoms with Gasteiger partial charge in [0.1, 0.15) is 0 Å². The lowest BCUT2D eigenvalue weighted by Gasteiger charge is -2.08. The molecule has 1 unspecified atom stereocenters. The van der Waals surface area contributed by atoms with E-state index in [4.69, 9.17) is 11.6 Å². The van der Waals surface area contributed by atoms with Crippen molar-refractivity contribution in [3.05, 3.63) is 16.4 Å². The molecular formula is C12H19ClN2O2S. The lowest BCUT2D eigenvalue weighted by molar-refractivity contribution is -0.143. The zero-order valence-electron chi connectivity index (χ0n) is 11.2. The smallest absolute Gasteiger partial charge is 0.309 e. The van der Waals surface area contributed by atoms with Crippen LogP contribution >= 0.6 is 23.4 Å². The van der Waals surface area contributed by atoms with Crippen molar-refractivity contribution < 1.29 is 9.53 Å². The second-order valence-electron chi connectivity index (χ2n) is 4.12. The number of aryl methyl sites for hydroxylation is 2. The van der Waals surface area contributed by atoms with Gasteiger partial charge < -0.3 is 4.74 Å². The molecule has 0 spiro atoms. The highest BCUT2D eigenvalue weighted by Gasteiger charge is 2.16. The Balaban J connectivity index is 2.54. The third-order valence-corrected chi connectivity index (χ3v) is 4.36. The van der Waals surface area contributed by atoms with E-state index in [2.05, 4.69) is 9.84 Å². The number of aromatic nitrogens is 2. The predicted molar refractivity (Wildman–Crippen MR) is 74.9 cm³/mol. The first-order valence-corrected chi connectivity index (χ1v) is 7.40. The number of methoxy groups -OCH3 is 1. The molecule has 1 rings (SSSR count). The summed E-state index contributed by atoms with van der Waals surface area (Å²) in [4.78, 5) is 11.3. The maximum atomic E-state index is 11.3. The van der Waals surface area contributed by atoms with Crippen molar-refractivity contribution in [2.24, 2.45) is 13.0 Å². The molecule has 102 valence electrons. The van der Waals surface area contributed by atoms with E-state index in [1.54, 1.807) is 11.8 Å². The molecule has 1 atom stereocenters. The number of hydrogen-bond donors (Lipinski definition) is 0. The van der Waals surface area contributed by atoms with E-state index >= 15 is 0 Å². The highest BCUT2D eigenvalue weighted by molar-refractivity contribution is 7.98. The number of carbonyl (C=O) groups is 1. The van der Waals surface area contributed by atoms with Crippen LogP contribution in [0.1, 0.15) is 25.2 Å². The summed E-state index contributed by atoms with van der Waals surface area (Å²) in [6, 6.07) is 0. The molecule has 0 N–H and O–H groups in total. The summed E-state index contributed by atoms with van der Waals surface area (Å²) < 4.78 is 6.50. The van der Waals surface area contributed by atoms with Gasteiger partial charge in [-0.05, 0) is 6.42 Å². The van der Waals surface area contributed by atoms with E-state index in [0.717, 1.165) is 34.3 Å². The minimum Gasteiger partial charge on any atom is -0.469 e. The van der Waals surface area contributed by atoms with Crippen molar-refractivity contribution in [3.8, 4) is 0 Å². The van der Waals surface area contributed by atoms with Crippen LogP contribution in [0.3, 0.4) is 0 Å². The molecule has 0 bridgehead atoms. The average Bonchev–Trinajstić information content (AvgIpc) is 2.64. The fraction of sp³-hybridized carbons (Fsp3) is 0.667. The molecule has 1 aromatic rings. The highest BCUT2D eigenvalue weighted by Crippen LogP contribution is 2.25. The van der Waals surface area contributed by atoms with Crippen molar-refractivity contribution in [3.63, 3.8) is 0 Å². The molecule has 6 heteroatoms. The largest absolute Gasteiger partial charge is 0.469 e. The Bertz CT molecular complexity index is 420. The van der Waals surface area contributed by atoms with Gasteiger partial charge in [-0.15, -0.1) is 0 Å². The number of thioether (sulfide) groups is 1. The minimum absolute atomic E-state index is 0.0994. The second-order valence-corrected chi connectivity index (χ2v) is 5.53. The van der Waals surface area contributed by atoms with Crippen LogP contribution in [0.25, 0.3) is 0 Å². The summed E-state index contributed by atoms with van der Waals surface area (Å²) in [5, 5.41) is 5.11. The first-order valence-electron chi connectivity index (χ1n) is 5.87. The number of nitrogens with zero attached hydrogens (tertiary/aromatic N) is 2. The Morgan fingerprint density at radius 3 is 2.78 bits per heavy atom. The molecule has 0 radical (unpaired) electrons. The maximum absolute atomic E-state index is 11.3. The number of esters is 1. The van der Waals surface area contributed by atoms with E-state index < -0.39 is 0 Å². The van der Waals surface area contributed by atoms with Crippen molar-refractivity contribution in [2.45, 2.75) is 26.0 Å².